The maximum Gasteiger partial charge on any atom is 0.140 e. The molecule has 1 saturated carbocycles. The minimum atomic E-state index is -0.00235. The van der Waals surface area contributed by atoms with Gasteiger partial charge in [0.1, 0.15) is 5.75 Å². The van der Waals surface area contributed by atoms with Crippen LogP contribution in [0.2, 0.25) is 0 Å². The van der Waals surface area contributed by atoms with E-state index < -0.39 is 0 Å². The number of aromatic nitrogens is 5. The Morgan fingerprint density at radius 1 is 1.11 bits per heavy atom. The molecule has 0 spiro atoms. The van der Waals surface area contributed by atoms with Crippen molar-refractivity contribution in [3.05, 3.63) is 66.2 Å². The average molecular weight is 371 g/mol. The molecule has 6 nitrogen and oxygen atoms in total. The van der Waals surface area contributed by atoms with Crippen LogP contribution in [0.1, 0.15) is 30.7 Å². The number of nitrogens with one attached hydrogen (secondary N) is 1. The second-order valence-corrected chi connectivity index (χ2v) is 7.45. The third-order valence-electron chi connectivity index (χ3n) is 5.78. The van der Waals surface area contributed by atoms with Crippen LogP contribution in [-0.4, -0.2) is 32.5 Å². The maximum absolute atomic E-state index is 5.56. The number of fused-ring (bicyclic) bond motifs is 1. The summed E-state index contributed by atoms with van der Waals surface area (Å²) in [6.07, 6.45) is 7.89. The van der Waals surface area contributed by atoms with Gasteiger partial charge < -0.3 is 4.74 Å². The molecule has 6 heteroatoms. The van der Waals surface area contributed by atoms with E-state index in [2.05, 4.69) is 37.5 Å². The van der Waals surface area contributed by atoms with E-state index in [1.54, 1.807) is 7.11 Å². The summed E-state index contributed by atoms with van der Waals surface area (Å²) in [5.74, 6) is 0.861. The number of rotatable bonds is 5. The summed E-state index contributed by atoms with van der Waals surface area (Å²) >= 11 is 0. The van der Waals surface area contributed by atoms with E-state index >= 15 is 0 Å². The van der Waals surface area contributed by atoms with Crippen LogP contribution < -0.4 is 4.74 Å². The van der Waals surface area contributed by atoms with Crippen molar-refractivity contribution in [1.29, 1.82) is 0 Å². The highest BCUT2D eigenvalue weighted by Crippen LogP contribution is 2.48. The molecule has 0 amide bonds. The Morgan fingerprint density at radius 3 is 2.79 bits per heavy atom. The number of ether oxygens (including phenoxy) is 1. The van der Waals surface area contributed by atoms with Crippen LogP contribution in [0.15, 0.2) is 54.9 Å². The van der Waals surface area contributed by atoms with Gasteiger partial charge in [-0.2, -0.15) is 15.3 Å². The zero-order valence-corrected chi connectivity index (χ0v) is 15.7. The number of nitrogens with zero attached hydrogens (tertiary/aromatic N) is 4. The SMILES string of the molecule is COc1cccnc1C1(Cc2ccc(-c3ccc4cn[nH]c4c3)nn2)CCC1. The largest absolute Gasteiger partial charge is 0.495 e. The fourth-order valence-corrected chi connectivity index (χ4v) is 4.11. The van der Waals surface area contributed by atoms with Crippen LogP contribution in [0, 0.1) is 0 Å². The van der Waals surface area contributed by atoms with E-state index in [-0.39, 0.29) is 5.41 Å². The highest BCUT2D eigenvalue weighted by molar-refractivity contribution is 5.82. The first kappa shape index (κ1) is 16.9. The molecule has 0 bridgehead atoms. The van der Waals surface area contributed by atoms with Crippen LogP contribution in [-0.2, 0) is 11.8 Å². The molecule has 0 aliphatic heterocycles. The predicted molar refractivity (Wildman–Crippen MR) is 107 cm³/mol. The summed E-state index contributed by atoms with van der Waals surface area (Å²) in [5, 5.41) is 17.2. The van der Waals surface area contributed by atoms with E-state index in [4.69, 9.17) is 4.74 Å². The Hall–Kier alpha value is -3.28. The van der Waals surface area contributed by atoms with E-state index in [0.29, 0.717) is 0 Å². The number of hydrogen-bond donors (Lipinski definition) is 1. The molecule has 1 aromatic carbocycles. The van der Waals surface area contributed by atoms with Gasteiger partial charge in [0, 0.05) is 29.0 Å². The monoisotopic (exact) mass is 371 g/mol. The summed E-state index contributed by atoms with van der Waals surface area (Å²) in [7, 11) is 1.71. The topological polar surface area (TPSA) is 76.6 Å². The Morgan fingerprint density at radius 2 is 2.04 bits per heavy atom. The zero-order chi connectivity index (χ0) is 19.0. The third kappa shape index (κ3) is 2.81. The third-order valence-corrected chi connectivity index (χ3v) is 5.78. The number of hydrogen-bond acceptors (Lipinski definition) is 5. The molecule has 28 heavy (non-hydrogen) atoms. The first-order valence-electron chi connectivity index (χ1n) is 9.53. The molecular formula is C22H21N5O. The highest BCUT2D eigenvalue weighted by atomic mass is 16.5. The molecule has 1 aliphatic rings. The lowest BCUT2D eigenvalue weighted by Gasteiger charge is -2.41. The first-order chi connectivity index (χ1) is 13.8. The summed E-state index contributed by atoms with van der Waals surface area (Å²) in [6.45, 7) is 0. The second-order valence-electron chi connectivity index (χ2n) is 7.45. The number of H-pyrrole nitrogens is 1. The second kappa shape index (κ2) is 6.71. The molecule has 0 radical (unpaired) electrons. The van der Waals surface area contributed by atoms with E-state index in [1.807, 2.05) is 42.7 Å². The van der Waals surface area contributed by atoms with Crippen molar-refractivity contribution in [1.82, 2.24) is 25.4 Å². The van der Waals surface area contributed by atoms with Gasteiger partial charge in [-0.3, -0.25) is 10.1 Å². The molecule has 1 fully saturated rings. The molecule has 3 heterocycles. The summed E-state index contributed by atoms with van der Waals surface area (Å²) in [4.78, 5) is 4.65. The Balaban J connectivity index is 1.42. The van der Waals surface area contributed by atoms with E-state index in [0.717, 1.165) is 58.6 Å². The average Bonchev–Trinajstić information content (AvgIpc) is 3.19. The van der Waals surface area contributed by atoms with Gasteiger partial charge in [-0.05, 0) is 43.2 Å². The Kier molecular flexibility index (Phi) is 4.04. The van der Waals surface area contributed by atoms with Gasteiger partial charge in [0.15, 0.2) is 0 Å². The lowest BCUT2D eigenvalue weighted by atomic mass is 9.63. The summed E-state index contributed by atoms with van der Waals surface area (Å²) in [5.41, 5.74) is 4.91. The molecule has 0 saturated heterocycles. The molecule has 5 rings (SSSR count). The van der Waals surface area contributed by atoms with Crippen molar-refractivity contribution >= 4 is 10.9 Å². The van der Waals surface area contributed by atoms with Crippen molar-refractivity contribution < 1.29 is 4.74 Å². The molecule has 140 valence electrons. The smallest absolute Gasteiger partial charge is 0.140 e. The number of pyridine rings is 1. The van der Waals surface area contributed by atoms with Gasteiger partial charge in [-0.25, -0.2) is 0 Å². The van der Waals surface area contributed by atoms with Gasteiger partial charge >= 0.3 is 0 Å². The maximum atomic E-state index is 5.56. The van der Waals surface area contributed by atoms with Crippen molar-refractivity contribution in [2.75, 3.05) is 7.11 Å². The van der Waals surface area contributed by atoms with Crippen molar-refractivity contribution in [3.8, 4) is 17.0 Å². The molecule has 4 aromatic rings. The van der Waals surface area contributed by atoms with Crippen LogP contribution in [0.25, 0.3) is 22.2 Å². The lowest BCUT2D eigenvalue weighted by Crippen LogP contribution is -2.38. The van der Waals surface area contributed by atoms with Crippen LogP contribution in [0.3, 0.4) is 0 Å². The minimum absolute atomic E-state index is 0.00235. The van der Waals surface area contributed by atoms with Gasteiger partial charge in [-0.1, -0.05) is 18.6 Å². The number of benzene rings is 1. The molecule has 3 aromatic heterocycles. The highest BCUT2D eigenvalue weighted by Gasteiger charge is 2.42. The van der Waals surface area contributed by atoms with Gasteiger partial charge in [0.2, 0.25) is 0 Å². The van der Waals surface area contributed by atoms with Crippen molar-refractivity contribution in [2.45, 2.75) is 31.1 Å². The van der Waals surface area contributed by atoms with Gasteiger partial charge in [0.25, 0.3) is 0 Å². The molecular weight excluding hydrogens is 350 g/mol. The lowest BCUT2D eigenvalue weighted by molar-refractivity contribution is 0.223. The molecule has 0 atom stereocenters. The van der Waals surface area contributed by atoms with Crippen molar-refractivity contribution in [2.24, 2.45) is 0 Å². The molecule has 1 aliphatic carbocycles. The zero-order valence-electron chi connectivity index (χ0n) is 15.7. The minimum Gasteiger partial charge on any atom is -0.495 e. The van der Waals surface area contributed by atoms with E-state index in [1.165, 1.54) is 6.42 Å². The predicted octanol–water partition coefficient (Wildman–Crippen LogP) is 4.09. The number of aromatic amines is 1. The Labute approximate surface area is 163 Å². The van der Waals surface area contributed by atoms with E-state index in [9.17, 15) is 0 Å². The summed E-state index contributed by atoms with van der Waals surface area (Å²) in [6, 6.07) is 14.2. The van der Waals surface area contributed by atoms with Gasteiger partial charge in [0.05, 0.1) is 35.9 Å². The number of methoxy groups -OCH3 is 1. The van der Waals surface area contributed by atoms with Crippen LogP contribution in [0.5, 0.6) is 5.75 Å². The first-order valence-corrected chi connectivity index (χ1v) is 9.53. The summed E-state index contributed by atoms with van der Waals surface area (Å²) < 4.78 is 5.56. The van der Waals surface area contributed by atoms with Crippen LogP contribution >= 0.6 is 0 Å². The quantitative estimate of drug-likeness (QED) is 0.572. The Bertz CT molecular complexity index is 1120. The normalized spacial score (nSPS) is 15.3. The van der Waals surface area contributed by atoms with Gasteiger partial charge in [-0.15, -0.1) is 0 Å². The van der Waals surface area contributed by atoms with Crippen LogP contribution in [0.4, 0.5) is 0 Å². The fraction of sp³-hybridized carbons (Fsp3) is 0.273. The standard InChI is InChI=1S/C22H21N5O/c1-28-20-4-2-11-23-21(20)22(9-3-10-22)13-17-7-8-18(27-25-17)15-5-6-16-14-24-26-19(16)12-15/h2,4-8,11-12,14H,3,9-10,13H2,1H3,(H,24,26). The van der Waals surface area contributed by atoms with Crippen molar-refractivity contribution in [3.63, 3.8) is 0 Å². The molecule has 0 unspecified atom stereocenters. The molecule has 1 N–H and O–H groups in total. The fourth-order valence-electron chi connectivity index (χ4n) is 4.11.